The van der Waals surface area contributed by atoms with E-state index in [0.717, 1.165) is 10.9 Å². The molecular weight excluding hydrogens is 234 g/mol. The van der Waals surface area contributed by atoms with Gasteiger partial charge in [0.1, 0.15) is 0 Å². The Kier molecular flexibility index (Phi) is 2.29. The van der Waals surface area contributed by atoms with Gasteiger partial charge in [-0.1, -0.05) is 0 Å². The molecule has 0 aliphatic heterocycles. The summed E-state index contributed by atoms with van der Waals surface area (Å²) in [7, 11) is 0. The predicted octanol–water partition coefficient (Wildman–Crippen LogP) is 1.22. The minimum absolute atomic E-state index is 0.235. The van der Waals surface area contributed by atoms with Gasteiger partial charge in [-0.25, -0.2) is 0 Å². The number of amides is 1. The Hall–Kier alpha value is -2.37. The molecule has 2 atom stereocenters. The van der Waals surface area contributed by atoms with E-state index >= 15 is 0 Å². The molecule has 1 amide bonds. The number of benzene rings is 1. The van der Waals surface area contributed by atoms with Crippen LogP contribution in [0.2, 0.25) is 0 Å². The maximum atomic E-state index is 11.8. The van der Waals surface area contributed by atoms with Crippen molar-refractivity contribution in [3.05, 3.63) is 24.4 Å². The first-order valence-corrected chi connectivity index (χ1v) is 5.62. The fourth-order valence-corrected chi connectivity index (χ4v) is 2.01. The van der Waals surface area contributed by atoms with Gasteiger partial charge in [-0.05, 0) is 24.6 Å². The number of nitrogens with zero attached hydrogens (tertiary/aromatic N) is 1. The maximum Gasteiger partial charge on any atom is 0.307 e. The Balaban J connectivity index is 1.72. The highest BCUT2D eigenvalue weighted by molar-refractivity contribution is 5.99. The van der Waals surface area contributed by atoms with Gasteiger partial charge >= 0.3 is 5.97 Å². The molecule has 1 aromatic carbocycles. The van der Waals surface area contributed by atoms with Crippen molar-refractivity contribution in [2.24, 2.45) is 11.8 Å². The van der Waals surface area contributed by atoms with E-state index < -0.39 is 17.8 Å². The SMILES string of the molecule is O=C(O)C1CC1C(=O)Nc1ccc2cn[nH]c2c1. The number of aliphatic carboxylic acids is 1. The molecule has 3 rings (SSSR count). The Morgan fingerprint density at radius 1 is 1.39 bits per heavy atom. The van der Waals surface area contributed by atoms with Gasteiger partial charge < -0.3 is 10.4 Å². The topological polar surface area (TPSA) is 95.1 Å². The predicted molar refractivity (Wildman–Crippen MR) is 64.0 cm³/mol. The van der Waals surface area contributed by atoms with Crippen LogP contribution in [-0.2, 0) is 9.59 Å². The number of H-pyrrole nitrogens is 1. The standard InChI is InChI=1S/C12H11N3O3/c16-11(8-4-9(8)12(17)18)14-7-2-1-6-5-13-15-10(6)3-7/h1-3,5,8-9H,4H2,(H,13,15)(H,14,16)(H,17,18). The van der Waals surface area contributed by atoms with Crippen LogP contribution in [0, 0.1) is 11.8 Å². The summed E-state index contributed by atoms with van der Waals surface area (Å²) in [5.74, 6) is -2.07. The van der Waals surface area contributed by atoms with E-state index in [1.807, 2.05) is 6.07 Å². The molecule has 1 aromatic heterocycles. The summed E-state index contributed by atoms with van der Waals surface area (Å²) in [5.41, 5.74) is 1.48. The zero-order valence-electron chi connectivity index (χ0n) is 9.38. The number of nitrogens with one attached hydrogen (secondary N) is 2. The van der Waals surface area contributed by atoms with E-state index in [1.54, 1.807) is 18.3 Å². The quantitative estimate of drug-likeness (QED) is 0.757. The number of hydrogen-bond donors (Lipinski definition) is 3. The molecule has 3 N–H and O–H groups in total. The van der Waals surface area contributed by atoms with Crippen LogP contribution >= 0.6 is 0 Å². The molecule has 0 spiro atoms. The number of carbonyl (C=O) groups excluding carboxylic acids is 1. The van der Waals surface area contributed by atoms with Crippen molar-refractivity contribution in [1.82, 2.24) is 10.2 Å². The zero-order valence-corrected chi connectivity index (χ0v) is 9.38. The molecule has 92 valence electrons. The minimum atomic E-state index is -0.904. The van der Waals surface area contributed by atoms with E-state index in [0.29, 0.717) is 12.1 Å². The molecule has 1 saturated carbocycles. The van der Waals surface area contributed by atoms with Crippen LogP contribution < -0.4 is 5.32 Å². The normalized spacial score (nSPS) is 21.8. The lowest BCUT2D eigenvalue weighted by molar-refractivity contribution is -0.139. The minimum Gasteiger partial charge on any atom is -0.481 e. The maximum absolute atomic E-state index is 11.8. The van der Waals surface area contributed by atoms with Crippen LogP contribution in [0.5, 0.6) is 0 Å². The van der Waals surface area contributed by atoms with Gasteiger partial charge in [0, 0.05) is 11.1 Å². The fourth-order valence-electron chi connectivity index (χ4n) is 2.01. The van der Waals surface area contributed by atoms with Gasteiger partial charge in [0.05, 0.1) is 23.5 Å². The largest absolute Gasteiger partial charge is 0.481 e. The van der Waals surface area contributed by atoms with Gasteiger partial charge in [-0.15, -0.1) is 0 Å². The average Bonchev–Trinajstić information content (AvgIpc) is 3.02. The van der Waals surface area contributed by atoms with Crippen molar-refractivity contribution in [2.75, 3.05) is 5.32 Å². The molecular formula is C12H11N3O3. The van der Waals surface area contributed by atoms with Crippen LogP contribution in [0.3, 0.4) is 0 Å². The molecule has 6 nitrogen and oxygen atoms in total. The first kappa shape index (κ1) is 10.8. The Labute approximate surface area is 102 Å². The van der Waals surface area contributed by atoms with Crippen molar-refractivity contribution in [3.8, 4) is 0 Å². The second kappa shape index (κ2) is 3.83. The van der Waals surface area contributed by atoms with Crippen LogP contribution in [0.1, 0.15) is 6.42 Å². The summed E-state index contributed by atoms with van der Waals surface area (Å²) in [6.07, 6.45) is 2.12. The Bertz CT molecular complexity index is 634. The number of rotatable bonds is 3. The molecule has 0 radical (unpaired) electrons. The highest BCUT2D eigenvalue weighted by Gasteiger charge is 2.48. The number of hydrogen-bond acceptors (Lipinski definition) is 3. The summed E-state index contributed by atoms with van der Waals surface area (Å²) in [6.45, 7) is 0. The second-order valence-corrected chi connectivity index (χ2v) is 4.45. The average molecular weight is 245 g/mol. The van der Waals surface area contributed by atoms with Gasteiger partial charge in [0.2, 0.25) is 5.91 Å². The lowest BCUT2D eigenvalue weighted by Crippen LogP contribution is -2.16. The highest BCUT2D eigenvalue weighted by Crippen LogP contribution is 2.39. The van der Waals surface area contributed by atoms with Crippen molar-refractivity contribution in [2.45, 2.75) is 6.42 Å². The smallest absolute Gasteiger partial charge is 0.307 e. The third kappa shape index (κ3) is 1.81. The molecule has 1 heterocycles. The van der Waals surface area contributed by atoms with Gasteiger partial charge in [0.25, 0.3) is 0 Å². The van der Waals surface area contributed by atoms with Gasteiger partial charge in [-0.2, -0.15) is 5.10 Å². The summed E-state index contributed by atoms with van der Waals surface area (Å²) in [4.78, 5) is 22.4. The summed E-state index contributed by atoms with van der Waals surface area (Å²) in [5, 5.41) is 19.1. The van der Waals surface area contributed by atoms with E-state index in [2.05, 4.69) is 15.5 Å². The van der Waals surface area contributed by atoms with E-state index in [-0.39, 0.29) is 5.91 Å². The summed E-state index contributed by atoms with van der Waals surface area (Å²) in [6, 6.07) is 5.39. The highest BCUT2D eigenvalue weighted by atomic mass is 16.4. The van der Waals surface area contributed by atoms with Crippen LogP contribution in [-0.4, -0.2) is 27.2 Å². The number of carboxylic acid groups (broad SMARTS) is 1. The monoisotopic (exact) mass is 245 g/mol. The fraction of sp³-hybridized carbons (Fsp3) is 0.250. The Morgan fingerprint density at radius 3 is 2.94 bits per heavy atom. The molecule has 1 aliphatic rings. The van der Waals surface area contributed by atoms with Gasteiger partial charge in [0.15, 0.2) is 0 Å². The molecule has 1 aliphatic carbocycles. The number of anilines is 1. The van der Waals surface area contributed by atoms with Crippen molar-refractivity contribution < 1.29 is 14.7 Å². The zero-order chi connectivity index (χ0) is 12.7. The van der Waals surface area contributed by atoms with Crippen LogP contribution in [0.25, 0.3) is 10.9 Å². The van der Waals surface area contributed by atoms with E-state index in [4.69, 9.17) is 5.11 Å². The summed E-state index contributed by atoms with van der Waals surface area (Å²) >= 11 is 0. The Morgan fingerprint density at radius 2 is 2.22 bits per heavy atom. The third-order valence-electron chi connectivity index (χ3n) is 3.15. The number of carboxylic acids is 1. The third-order valence-corrected chi connectivity index (χ3v) is 3.15. The molecule has 2 unspecified atom stereocenters. The number of carbonyl (C=O) groups is 2. The van der Waals surface area contributed by atoms with Gasteiger partial charge in [-0.3, -0.25) is 14.7 Å². The van der Waals surface area contributed by atoms with Crippen molar-refractivity contribution in [1.29, 1.82) is 0 Å². The van der Waals surface area contributed by atoms with Crippen molar-refractivity contribution >= 4 is 28.5 Å². The second-order valence-electron chi connectivity index (χ2n) is 4.45. The summed E-state index contributed by atoms with van der Waals surface area (Å²) < 4.78 is 0. The number of fused-ring (bicyclic) bond motifs is 1. The van der Waals surface area contributed by atoms with E-state index in [1.165, 1.54) is 0 Å². The molecule has 6 heteroatoms. The lowest BCUT2D eigenvalue weighted by Gasteiger charge is -2.04. The molecule has 2 aromatic rings. The molecule has 0 saturated heterocycles. The molecule has 18 heavy (non-hydrogen) atoms. The lowest BCUT2D eigenvalue weighted by atomic mass is 10.2. The van der Waals surface area contributed by atoms with Crippen LogP contribution in [0.15, 0.2) is 24.4 Å². The van der Waals surface area contributed by atoms with Crippen molar-refractivity contribution in [3.63, 3.8) is 0 Å². The first-order chi connectivity index (χ1) is 8.65. The molecule has 1 fully saturated rings. The molecule has 0 bridgehead atoms. The van der Waals surface area contributed by atoms with E-state index in [9.17, 15) is 9.59 Å². The number of aromatic amines is 1. The first-order valence-electron chi connectivity index (χ1n) is 5.62. The number of aromatic nitrogens is 2. The van der Waals surface area contributed by atoms with Crippen LogP contribution in [0.4, 0.5) is 5.69 Å².